The van der Waals surface area contributed by atoms with Gasteiger partial charge in [0.25, 0.3) is 0 Å². The third kappa shape index (κ3) is 2.37. The van der Waals surface area contributed by atoms with Crippen molar-refractivity contribution in [1.82, 2.24) is 35.5 Å². The fraction of sp³-hybridized carbons (Fsp3) is 0.429. The molecular weight excluding hydrogens is 262 g/mol. The zero-order valence-electron chi connectivity index (χ0n) is 9.38. The van der Waals surface area contributed by atoms with Crippen LogP contribution in [0.5, 0.6) is 0 Å². The van der Waals surface area contributed by atoms with Crippen LogP contribution in [-0.4, -0.2) is 44.3 Å². The SMILES string of the molecule is Cc1[nH]nc(CO)c1S(=O)(=O)NCc1nn[nH]n1. The van der Waals surface area contributed by atoms with E-state index in [0.717, 1.165) is 0 Å². The summed E-state index contributed by atoms with van der Waals surface area (Å²) < 4.78 is 26.3. The lowest BCUT2D eigenvalue weighted by Gasteiger charge is -2.04. The first-order valence-electron chi connectivity index (χ1n) is 4.91. The van der Waals surface area contributed by atoms with Gasteiger partial charge in [0.15, 0.2) is 5.82 Å². The van der Waals surface area contributed by atoms with Gasteiger partial charge in [-0.05, 0) is 6.92 Å². The van der Waals surface area contributed by atoms with Crippen LogP contribution >= 0.6 is 0 Å². The second kappa shape index (κ2) is 4.80. The molecule has 18 heavy (non-hydrogen) atoms. The Morgan fingerprint density at radius 2 is 2.17 bits per heavy atom. The molecule has 0 bridgehead atoms. The minimum absolute atomic E-state index is 0.0616. The largest absolute Gasteiger partial charge is 0.390 e. The van der Waals surface area contributed by atoms with Crippen LogP contribution in [0, 0.1) is 6.92 Å². The van der Waals surface area contributed by atoms with Crippen molar-refractivity contribution >= 4 is 10.0 Å². The third-order valence-electron chi connectivity index (χ3n) is 2.19. The number of aliphatic hydroxyl groups is 1. The molecule has 0 spiro atoms. The van der Waals surface area contributed by atoms with Crippen LogP contribution in [0.2, 0.25) is 0 Å². The third-order valence-corrected chi connectivity index (χ3v) is 3.79. The van der Waals surface area contributed by atoms with Crippen LogP contribution in [0.4, 0.5) is 0 Å². The molecule has 11 heteroatoms. The van der Waals surface area contributed by atoms with Crippen LogP contribution in [0.1, 0.15) is 17.2 Å². The molecule has 0 unspecified atom stereocenters. The molecule has 0 saturated heterocycles. The lowest BCUT2D eigenvalue weighted by Crippen LogP contribution is -2.25. The summed E-state index contributed by atoms with van der Waals surface area (Å²) in [6.45, 7) is 0.978. The maximum atomic E-state index is 12.0. The first-order chi connectivity index (χ1) is 8.54. The molecule has 98 valence electrons. The van der Waals surface area contributed by atoms with Crippen LogP contribution in [-0.2, 0) is 23.2 Å². The van der Waals surface area contributed by atoms with Crippen molar-refractivity contribution in [2.75, 3.05) is 0 Å². The number of aryl methyl sites for hydroxylation is 1. The number of aromatic amines is 2. The number of hydrogen-bond donors (Lipinski definition) is 4. The van der Waals surface area contributed by atoms with Gasteiger partial charge in [0.05, 0.1) is 18.8 Å². The van der Waals surface area contributed by atoms with Gasteiger partial charge in [-0.3, -0.25) is 5.10 Å². The Morgan fingerprint density at radius 1 is 1.39 bits per heavy atom. The molecule has 0 aliphatic carbocycles. The lowest BCUT2D eigenvalue weighted by molar-refractivity contribution is 0.273. The highest BCUT2D eigenvalue weighted by Gasteiger charge is 2.24. The Bertz CT molecular complexity index is 618. The molecule has 0 amide bonds. The zero-order valence-corrected chi connectivity index (χ0v) is 10.2. The number of nitrogens with zero attached hydrogens (tertiary/aromatic N) is 4. The average molecular weight is 273 g/mol. The smallest absolute Gasteiger partial charge is 0.244 e. The number of H-pyrrole nitrogens is 2. The molecule has 2 aromatic heterocycles. The number of nitrogens with one attached hydrogen (secondary N) is 3. The monoisotopic (exact) mass is 273 g/mol. The van der Waals surface area contributed by atoms with Gasteiger partial charge in [-0.1, -0.05) is 5.21 Å². The molecule has 0 aliphatic heterocycles. The maximum absolute atomic E-state index is 12.0. The molecule has 0 saturated carbocycles. The molecule has 0 atom stereocenters. The van der Waals surface area contributed by atoms with Crippen LogP contribution < -0.4 is 4.72 Å². The Morgan fingerprint density at radius 3 is 2.78 bits per heavy atom. The van der Waals surface area contributed by atoms with Gasteiger partial charge in [0.1, 0.15) is 10.6 Å². The summed E-state index contributed by atoms with van der Waals surface area (Å²) in [7, 11) is -3.79. The van der Waals surface area contributed by atoms with Crippen molar-refractivity contribution in [3.63, 3.8) is 0 Å². The lowest BCUT2D eigenvalue weighted by atomic mass is 10.4. The van der Waals surface area contributed by atoms with E-state index in [0.29, 0.717) is 5.69 Å². The molecule has 2 aromatic rings. The summed E-state index contributed by atoms with van der Waals surface area (Å²) in [5, 5.41) is 28.0. The van der Waals surface area contributed by atoms with Gasteiger partial charge in [0, 0.05) is 0 Å². The first-order valence-corrected chi connectivity index (χ1v) is 6.39. The highest BCUT2D eigenvalue weighted by atomic mass is 32.2. The quantitative estimate of drug-likeness (QED) is 0.502. The number of aromatic nitrogens is 6. The molecule has 0 radical (unpaired) electrons. The highest BCUT2D eigenvalue weighted by molar-refractivity contribution is 7.89. The van der Waals surface area contributed by atoms with E-state index in [1.165, 1.54) is 0 Å². The van der Waals surface area contributed by atoms with Crippen molar-refractivity contribution in [2.24, 2.45) is 0 Å². The minimum Gasteiger partial charge on any atom is -0.390 e. The van der Waals surface area contributed by atoms with E-state index in [9.17, 15) is 8.42 Å². The van der Waals surface area contributed by atoms with Gasteiger partial charge < -0.3 is 5.11 Å². The summed E-state index contributed by atoms with van der Waals surface area (Å²) >= 11 is 0. The van der Waals surface area contributed by atoms with E-state index in [2.05, 4.69) is 35.5 Å². The number of rotatable bonds is 5. The van der Waals surface area contributed by atoms with E-state index in [1.54, 1.807) is 6.92 Å². The standard InChI is InChI=1S/C7H11N7O3S/c1-4-7(5(3-15)10-9-4)18(16,17)8-2-6-11-13-14-12-6/h8,15H,2-3H2,1H3,(H,9,10)(H,11,12,13,14). The van der Waals surface area contributed by atoms with Crippen molar-refractivity contribution < 1.29 is 13.5 Å². The van der Waals surface area contributed by atoms with Gasteiger partial charge in [0.2, 0.25) is 10.0 Å². The van der Waals surface area contributed by atoms with Crippen LogP contribution in [0.15, 0.2) is 4.90 Å². The second-order valence-electron chi connectivity index (χ2n) is 3.44. The predicted octanol–water partition coefficient (Wildman–Crippen LogP) is -1.80. The van der Waals surface area contributed by atoms with E-state index in [1.807, 2.05) is 0 Å². The molecule has 0 aromatic carbocycles. The number of tetrazole rings is 1. The average Bonchev–Trinajstić information content (AvgIpc) is 2.95. The number of hydrogen-bond acceptors (Lipinski definition) is 7. The van der Waals surface area contributed by atoms with E-state index in [-0.39, 0.29) is 23.0 Å². The zero-order chi connectivity index (χ0) is 13.2. The van der Waals surface area contributed by atoms with Gasteiger partial charge in [-0.15, -0.1) is 10.2 Å². The Hall–Kier alpha value is -1.85. The minimum atomic E-state index is -3.79. The van der Waals surface area contributed by atoms with Gasteiger partial charge in [-0.25, -0.2) is 13.1 Å². The summed E-state index contributed by atoms with van der Waals surface area (Å²) in [6, 6.07) is 0. The van der Waals surface area contributed by atoms with Crippen molar-refractivity contribution in [3.8, 4) is 0 Å². The molecule has 0 fully saturated rings. The Kier molecular flexibility index (Phi) is 3.36. The van der Waals surface area contributed by atoms with Gasteiger partial charge >= 0.3 is 0 Å². The molecule has 2 heterocycles. The number of sulfonamides is 1. The Balaban J connectivity index is 2.22. The fourth-order valence-electron chi connectivity index (χ4n) is 1.42. The summed E-state index contributed by atoms with van der Waals surface area (Å²) in [5.41, 5.74) is 0.410. The summed E-state index contributed by atoms with van der Waals surface area (Å²) in [5.74, 6) is 0.213. The molecule has 4 N–H and O–H groups in total. The Labute approximate surface area is 102 Å². The first kappa shape index (κ1) is 12.6. The van der Waals surface area contributed by atoms with Crippen LogP contribution in [0.3, 0.4) is 0 Å². The van der Waals surface area contributed by atoms with Crippen LogP contribution in [0.25, 0.3) is 0 Å². The normalized spacial score (nSPS) is 11.9. The molecule has 0 aliphatic rings. The molecular formula is C7H11N7O3S. The van der Waals surface area contributed by atoms with Crippen molar-refractivity contribution in [3.05, 3.63) is 17.2 Å². The maximum Gasteiger partial charge on any atom is 0.244 e. The molecule has 10 nitrogen and oxygen atoms in total. The second-order valence-corrected chi connectivity index (χ2v) is 5.14. The highest BCUT2D eigenvalue weighted by Crippen LogP contribution is 2.17. The topological polar surface area (TPSA) is 150 Å². The summed E-state index contributed by atoms with van der Waals surface area (Å²) in [6.07, 6.45) is 0. The summed E-state index contributed by atoms with van der Waals surface area (Å²) in [4.78, 5) is -0.0616. The van der Waals surface area contributed by atoms with Crippen molar-refractivity contribution in [1.29, 1.82) is 0 Å². The van der Waals surface area contributed by atoms with E-state index < -0.39 is 16.6 Å². The number of aliphatic hydroxyl groups excluding tert-OH is 1. The fourth-order valence-corrected chi connectivity index (χ4v) is 2.75. The molecule has 2 rings (SSSR count). The van der Waals surface area contributed by atoms with Gasteiger partial charge in [-0.2, -0.15) is 10.3 Å². The predicted molar refractivity (Wildman–Crippen MR) is 57.5 cm³/mol. The van der Waals surface area contributed by atoms with Crippen molar-refractivity contribution in [2.45, 2.75) is 25.0 Å². The van der Waals surface area contributed by atoms with E-state index in [4.69, 9.17) is 5.11 Å². The van der Waals surface area contributed by atoms with E-state index >= 15 is 0 Å².